The molecule has 0 radical (unpaired) electrons. The zero-order chi connectivity index (χ0) is 14.3. The summed E-state index contributed by atoms with van der Waals surface area (Å²) in [6.07, 6.45) is 2.33. The van der Waals surface area contributed by atoms with E-state index in [1.165, 1.54) is 6.21 Å². The van der Waals surface area contributed by atoms with Gasteiger partial charge in [-0.2, -0.15) is 5.10 Å². The number of guanidine groups is 1. The van der Waals surface area contributed by atoms with Gasteiger partial charge in [0.05, 0.1) is 19.9 Å². The van der Waals surface area contributed by atoms with E-state index in [0.717, 1.165) is 6.42 Å². The summed E-state index contributed by atoms with van der Waals surface area (Å²) in [7, 11) is 1.54. The van der Waals surface area contributed by atoms with E-state index < -0.39 is 0 Å². The van der Waals surface area contributed by atoms with Crippen molar-refractivity contribution in [2.75, 3.05) is 13.7 Å². The number of nitrogens with zero attached hydrogens (tertiary/aromatic N) is 2. The van der Waals surface area contributed by atoms with Crippen LogP contribution in [0.1, 0.15) is 18.9 Å². The molecule has 0 amide bonds. The number of methoxy groups -OCH3 is 1. The number of halogens is 1. The number of rotatable bonds is 6. The van der Waals surface area contributed by atoms with Gasteiger partial charge in [-0.25, -0.2) is 0 Å². The van der Waals surface area contributed by atoms with Crippen LogP contribution in [0.5, 0.6) is 11.5 Å². The highest BCUT2D eigenvalue weighted by Crippen LogP contribution is 2.34. The first kappa shape index (κ1) is 15.1. The highest BCUT2D eigenvalue weighted by Gasteiger charge is 2.11. The van der Waals surface area contributed by atoms with E-state index in [0.29, 0.717) is 28.7 Å². The summed E-state index contributed by atoms with van der Waals surface area (Å²) in [5.74, 6) is 0.969. The summed E-state index contributed by atoms with van der Waals surface area (Å²) in [5, 5.41) is 7.78. The van der Waals surface area contributed by atoms with Gasteiger partial charge in [0.25, 0.3) is 0 Å². The standard InChI is InChI=1S/C12H17ClN4O2/c1-3-4-19-11-8(7-16-17-12(14)15)5-9(13)6-10(11)18-2/h5-7H,3-4H2,1-2H3,(H4,14,15,17). The molecule has 0 aliphatic carbocycles. The second-order valence-electron chi connectivity index (χ2n) is 3.64. The van der Waals surface area contributed by atoms with Crippen LogP contribution in [0.15, 0.2) is 22.3 Å². The summed E-state index contributed by atoms with van der Waals surface area (Å²) < 4.78 is 10.9. The van der Waals surface area contributed by atoms with Gasteiger partial charge in [0, 0.05) is 16.7 Å². The monoisotopic (exact) mass is 284 g/mol. The maximum absolute atomic E-state index is 5.99. The molecule has 0 bridgehead atoms. The molecular weight excluding hydrogens is 268 g/mol. The smallest absolute Gasteiger partial charge is 0.211 e. The van der Waals surface area contributed by atoms with Crippen LogP contribution in [-0.2, 0) is 0 Å². The maximum atomic E-state index is 5.99. The van der Waals surface area contributed by atoms with E-state index in [2.05, 4.69) is 10.2 Å². The van der Waals surface area contributed by atoms with Crippen LogP contribution in [0.2, 0.25) is 5.02 Å². The number of hydrogen-bond acceptors (Lipinski definition) is 4. The van der Waals surface area contributed by atoms with Crippen LogP contribution >= 0.6 is 11.6 Å². The largest absolute Gasteiger partial charge is 0.493 e. The van der Waals surface area contributed by atoms with Crippen molar-refractivity contribution >= 4 is 23.8 Å². The molecule has 0 aliphatic rings. The summed E-state index contributed by atoms with van der Waals surface area (Å²) in [4.78, 5) is 0. The Labute approximate surface area is 117 Å². The molecule has 0 aromatic heterocycles. The fraction of sp³-hybridized carbons (Fsp3) is 0.333. The van der Waals surface area contributed by atoms with Crippen molar-refractivity contribution in [3.05, 3.63) is 22.7 Å². The van der Waals surface area contributed by atoms with Crippen LogP contribution in [0, 0.1) is 0 Å². The molecule has 0 heterocycles. The van der Waals surface area contributed by atoms with Crippen LogP contribution in [0.3, 0.4) is 0 Å². The minimum absolute atomic E-state index is 0.124. The Balaban J connectivity index is 3.14. The lowest BCUT2D eigenvalue weighted by Gasteiger charge is -2.13. The number of nitrogens with two attached hydrogens (primary N) is 2. The summed E-state index contributed by atoms with van der Waals surface area (Å²) in [5.41, 5.74) is 11.0. The van der Waals surface area contributed by atoms with Crippen molar-refractivity contribution in [2.45, 2.75) is 13.3 Å². The van der Waals surface area contributed by atoms with Crippen molar-refractivity contribution in [3.63, 3.8) is 0 Å². The van der Waals surface area contributed by atoms with E-state index in [1.54, 1.807) is 19.2 Å². The van der Waals surface area contributed by atoms with Crippen molar-refractivity contribution in [3.8, 4) is 11.5 Å². The van der Waals surface area contributed by atoms with Crippen LogP contribution < -0.4 is 20.9 Å². The molecule has 4 N–H and O–H groups in total. The van der Waals surface area contributed by atoms with Gasteiger partial charge in [-0.05, 0) is 12.5 Å². The lowest BCUT2D eigenvalue weighted by molar-refractivity contribution is 0.294. The third-order valence-corrected chi connectivity index (χ3v) is 2.31. The summed E-state index contributed by atoms with van der Waals surface area (Å²) in [6.45, 7) is 2.57. The van der Waals surface area contributed by atoms with Crippen molar-refractivity contribution < 1.29 is 9.47 Å². The molecule has 1 rings (SSSR count). The van der Waals surface area contributed by atoms with E-state index >= 15 is 0 Å². The van der Waals surface area contributed by atoms with Gasteiger partial charge in [-0.3, -0.25) is 0 Å². The zero-order valence-electron chi connectivity index (χ0n) is 10.9. The molecule has 1 aromatic rings. The first-order valence-corrected chi connectivity index (χ1v) is 6.08. The second kappa shape index (κ2) is 7.48. The van der Waals surface area contributed by atoms with E-state index in [4.69, 9.17) is 32.5 Å². The Morgan fingerprint density at radius 3 is 2.74 bits per heavy atom. The highest BCUT2D eigenvalue weighted by atomic mass is 35.5. The molecule has 7 heteroatoms. The Hall–Kier alpha value is -1.95. The molecule has 0 fully saturated rings. The maximum Gasteiger partial charge on any atom is 0.211 e. The van der Waals surface area contributed by atoms with Crippen molar-refractivity contribution in [2.24, 2.45) is 21.7 Å². The highest BCUT2D eigenvalue weighted by molar-refractivity contribution is 6.31. The first-order chi connectivity index (χ1) is 9.08. The molecule has 0 aliphatic heterocycles. The number of benzene rings is 1. The molecule has 1 aromatic carbocycles. The quantitative estimate of drug-likeness (QED) is 0.472. The Kier molecular flexibility index (Phi) is 5.95. The minimum atomic E-state index is -0.124. The van der Waals surface area contributed by atoms with E-state index in [-0.39, 0.29) is 5.96 Å². The SMILES string of the molecule is CCCOc1c(C=NN=C(N)N)cc(Cl)cc1OC. The van der Waals surface area contributed by atoms with Gasteiger partial charge in [0.1, 0.15) is 0 Å². The zero-order valence-corrected chi connectivity index (χ0v) is 11.6. The molecule has 19 heavy (non-hydrogen) atoms. The first-order valence-electron chi connectivity index (χ1n) is 5.70. The van der Waals surface area contributed by atoms with Crippen LogP contribution in [-0.4, -0.2) is 25.9 Å². The average Bonchev–Trinajstić information content (AvgIpc) is 2.36. The lowest BCUT2D eigenvalue weighted by Crippen LogP contribution is -2.21. The molecule has 0 saturated carbocycles. The molecule has 0 spiro atoms. The molecule has 0 unspecified atom stereocenters. The fourth-order valence-corrected chi connectivity index (χ4v) is 1.57. The predicted octanol–water partition coefficient (Wildman–Crippen LogP) is 1.74. The minimum Gasteiger partial charge on any atom is -0.493 e. The van der Waals surface area contributed by atoms with Gasteiger partial charge in [-0.15, -0.1) is 5.10 Å². The van der Waals surface area contributed by atoms with Crippen LogP contribution in [0.4, 0.5) is 0 Å². The predicted molar refractivity (Wildman–Crippen MR) is 77.2 cm³/mol. The van der Waals surface area contributed by atoms with Gasteiger partial charge in [0.2, 0.25) is 5.96 Å². The Bertz CT molecular complexity index is 485. The lowest BCUT2D eigenvalue weighted by atomic mass is 10.2. The van der Waals surface area contributed by atoms with Crippen molar-refractivity contribution in [1.82, 2.24) is 0 Å². The van der Waals surface area contributed by atoms with Gasteiger partial charge in [-0.1, -0.05) is 18.5 Å². The fourth-order valence-electron chi connectivity index (χ4n) is 1.35. The molecule has 0 atom stereocenters. The normalized spacial score (nSPS) is 10.5. The third kappa shape index (κ3) is 4.67. The summed E-state index contributed by atoms with van der Waals surface area (Å²) >= 11 is 5.99. The Morgan fingerprint density at radius 2 is 2.16 bits per heavy atom. The molecule has 0 saturated heterocycles. The van der Waals surface area contributed by atoms with Gasteiger partial charge in [0.15, 0.2) is 11.5 Å². The Morgan fingerprint density at radius 1 is 1.42 bits per heavy atom. The average molecular weight is 285 g/mol. The number of ether oxygens (including phenoxy) is 2. The van der Waals surface area contributed by atoms with Crippen LogP contribution in [0.25, 0.3) is 0 Å². The topological polar surface area (TPSA) is 95.2 Å². The third-order valence-electron chi connectivity index (χ3n) is 2.09. The number of hydrogen-bond donors (Lipinski definition) is 2. The summed E-state index contributed by atoms with van der Waals surface area (Å²) in [6, 6.07) is 3.37. The van der Waals surface area contributed by atoms with Gasteiger partial charge >= 0.3 is 0 Å². The van der Waals surface area contributed by atoms with E-state index in [9.17, 15) is 0 Å². The molecule has 6 nitrogen and oxygen atoms in total. The second-order valence-corrected chi connectivity index (χ2v) is 4.08. The van der Waals surface area contributed by atoms with E-state index in [1.807, 2.05) is 6.92 Å². The molecular formula is C12H17ClN4O2. The van der Waals surface area contributed by atoms with Crippen molar-refractivity contribution in [1.29, 1.82) is 0 Å². The molecule has 104 valence electrons. The van der Waals surface area contributed by atoms with Gasteiger partial charge < -0.3 is 20.9 Å².